The van der Waals surface area contributed by atoms with Crippen molar-refractivity contribution in [2.24, 2.45) is 10.9 Å². The van der Waals surface area contributed by atoms with Crippen LogP contribution in [0.2, 0.25) is 0 Å². The Balaban J connectivity index is 1.66. The Morgan fingerprint density at radius 3 is 2.53 bits per heavy atom. The highest BCUT2D eigenvalue weighted by atomic mass is 32.2. The van der Waals surface area contributed by atoms with Gasteiger partial charge < -0.3 is 20.8 Å². The first-order valence-electron chi connectivity index (χ1n) is 10.1. The fourth-order valence-electron chi connectivity index (χ4n) is 3.43. The summed E-state index contributed by atoms with van der Waals surface area (Å²) in [7, 11) is -2.68. The Morgan fingerprint density at radius 1 is 1.09 bits per heavy atom. The molecule has 11 heteroatoms. The average molecular weight is 480 g/mol. The molecular weight excluding hydrogens is 458 g/mol. The number of benzene rings is 3. The molecule has 4 aromatic rings. The topological polar surface area (TPSA) is 156 Å². The zero-order valence-corrected chi connectivity index (χ0v) is 18.8. The Bertz CT molecular complexity index is 1480. The van der Waals surface area contributed by atoms with E-state index < -0.39 is 15.9 Å². The smallest absolute Gasteiger partial charge is 0.281 e. The predicted molar refractivity (Wildman–Crippen MR) is 129 cm³/mol. The highest BCUT2D eigenvalue weighted by Gasteiger charge is 2.21. The van der Waals surface area contributed by atoms with Gasteiger partial charge in [-0.05, 0) is 65.3 Å². The van der Waals surface area contributed by atoms with Gasteiger partial charge in [-0.15, -0.1) is 4.91 Å². The molecule has 0 aliphatic carbocycles. The van der Waals surface area contributed by atoms with Gasteiger partial charge in [0.2, 0.25) is 0 Å². The molecule has 1 aromatic heterocycles. The van der Waals surface area contributed by atoms with Crippen molar-refractivity contribution in [3.63, 3.8) is 0 Å². The summed E-state index contributed by atoms with van der Waals surface area (Å²) in [6.45, 7) is 0.371. The van der Waals surface area contributed by atoms with Gasteiger partial charge in [-0.1, -0.05) is 12.1 Å². The molecule has 0 saturated heterocycles. The molecule has 0 aliphatic rings. The number of aromatic nitrogens is 1. The Hall–Kier alpha value is -4.22. The molecule has 0 atom stereocenters. The number of nitroso groups, excluding NO2 is 1. The normalized spacial score (nSPS) is 11.2. The van der Waals surface area contributed by atoms with Crippen molar-refractivity contribution >= 4 is 43.9 Å². The van der Waals surface area contributed by atoms with Crippen molar-refractivity contribution in [3.05, 3.63) is 82.9 Å². The van der Waals surface area contributed by atoms with E-state index in [1.807, 2.05) is 29.0 Å². The molecule has 34 heavy (non-hydrogen) atoms. The summed E-state index contributed by atoms with van der Waals surface area (Å²) in [5.74, 6) is -0.410. The Kier molecular flexibility index (Phi) is 6.30. The first-order chi connectivity index (χ1) is 16.3. The van der Waals surface area contributed by atoms with Crippen LogP contribution in [-0.2, 0) is 16.6 Å². The van der Waals surface area contributed by atoms with Crippen molar-refractivity contribution in [3.8, 4) is 5.75 Å². The van der Waals surface area contributed by atoms with Crippen LogP contribution < -0.4 is 20.5 Å². The number of hydrogen-bond donors (Lipinski definition) is 4. The third-order valence-corrected chi connectivity index (χ3v) is 6.50. The van der Waals surface area contributed by atoms with Crippen molar-refractivity contribution in [2.75, 3.05) is 12.4 Å². The molecule has 0 aliphatic heterocycles. The zero-order valence-electron chi connectivity index (χ0n) is 18.0. The minimum Gasteiger partial charge on any atom is -0.497 e. The molecule has 1 amide bonds. The first-order valence-corrected chi connectivity index (χ1v) is 11.6. The quantitative estimate of drug-likeness (QED) is 0.279. The largest absolute Gasteiger partial charge is 0.497 e. The second-order valence-corrected chi connectivity index (χ2v) is 9.02. The van der Waals surface area contributed by atoms with Gasteiger partial charge in [0, 0.05) is 23.3 Å². The number of nitrogens with zero attached hydrogens (tertiary/aromatic N) is 1. The molecule has 4 rings (SSSR count). The maximum absolute atomic E-state index is 12.8. The summed E-state index contributed by atoms with van der Waals surface area (Å²) in [6.07, 6.45) is 0. The van der Waals surface area contributed by atoms with E-state index in [1.165, 1.54) is 43.5 Å². The molecule has 5 N–H and O–H groups in total. The molecule has 0 saturated carbocycles. The Morgan fingerprint density at radius 2 is 1.85 bits per heavy atom. The second-order valence-electron chi connectivity index (χ2n) is 7.33. The summed E-state index contributed by atoms with van der Waals surface area (Å²) >= 11 is 0. The summed E-state index contributed by atoms with van der Waals surface area (Å²) in [4.78, 5) is 26.8. The second kappa shape index (κ2) is 9.33. The van der Waals surface area contributed by atoms with Gasteiger partial charge in [-0.25, -0.2) is 13.1 Å². The number of nitrogens with one attached hydrogen (secondary N) is 3. The SMILES string of the molecule is COc1ccc(S(=O)(=O)NC(=O)c2cc3c(Nc4cccc(CN)c4)ccc(N=O)c3[nH]2)cc1. The summed E-state index contributed by atoms with van der Waals surface area (Å²) in [5.41, 5.74) is 8.29. The lowest BCUT2D eigenvalue weighted by molar-refractivity contribution is 0.0977. The van der Waals surface area contributed by atoms with Crippen LogP contribution >= 0.6 is 0 Å². The number of ether oxygens (including phenoxy) is 1. The minimum absolute atomic E-state index is 0.0538. The van der Waals surface area contributed by atoms with Crippen molar-refractivity contribution < 1.29 is 17.9 Å². The Labute approximate surface area is 195 Å². The van der Waals surface area contributed by atoms with Crippen LogP contribution in [0.1, 0.15) is 16.1 Å². The highest BCUT2D eigenvalue weighted by Crippen LogP contribution is 2.34. The van der Waals surface area contributed by atoms with Gasteiger partial charge in [0.25, 0.3) is 15.9 Å². The van der Waals surface area contributed by atoms with E-state index in [2.05, 4.69) is 15.5 Å². The lowest BCUT2D eigenvalue weighted by Gasteiger charge is -2.09. The number of rotatable bonds is 8. The van der Waals surface area contributed by atoms with Crippen LogP contribution in [0.3, 0.4) is 0 Å². The van der Waals surface area contributed by atoms with E-state index in [0.717, 1.165) is 11.3 Å². The van der Waals surface area contributed by atoms with E-state index >= 15 is 0 Å². The number of anilines is 2. The van der Waals surface area contributed by atoms with Gasteiger partial charge in [0.15, 0.2) is 0 Å². The molecule has 1 heterocycles. The molecule has 174 valence electrons. The van der Waals surface area contributed by atoms with Crippen LogP contribution in [0.5, 0.6) is 5.75 Å². The molecule has 3 aromatic carbocycles. The third kappa shape index (κ3) is 4.60. The van der Waals surface area contributed by atoms with E-state index in [4.69, 9.17) is 10.5 Å². The standard InChI is InChI=1S/C23H21N5O5S/c1-33-16-5-7-17(8-6-16)34(31,32)28-23(29)21-12-18-19(9-10-20(27-30)22(18)26-21)25-15-4-2-3-14(11-15)13-24/h2-12,25-26H,13,24H2,1H3,(H,28,29). The average Bonchev–Trinajstić information content (AvgIpc) is 3.30. The number of carbonyl (C=O) groups is 1. The van der Waals surface area contributed by atoms with E-state index in [0.29, 0.717) is 28.9 Å². The monoisotopic (exact) mass is 479 g/mol. The van der Waals surface area contributed by atoms with Crippen molar-refractivity contribution in [1.82, 2.24) is 9.71 Å². The van der Waals surface area contributed by atoms with Crippen LogP contribution in [-0.4, -0.2) is 26.4 Å². The van der Waals surface area contributed by atoms with E-state index in [9.17, 15) is 18.1 Å². The highest BCUT2D eigenvalue weighted by molar-refractivity contribution is 7.90. The van der Waals surface area contributed by atoms with Gasteiger partial charge >= 0.3 is 0 Å². The molecule has 0 fully saturated rings. The third-order valence-electron chi connectivity index (χ3n) is 5.15. The lowest BCUT2D eigenvalue weighted by Crippen LogP contribution is -2.30. The number of nitrogens with two attached hydrogens (primary N) is 1. The molecule has 0 unspecified atom stereocenters. The fourth-order valence-corrected chi connectivity index (χ4v) is 4.40. The van der Waals surface area contributed by atoms with Gasteiger partial charge in [0.05, 0.1) is 17.5 Å². The number of H-pyrrole nitrogens is 1. The summed E-state index contributed by atoms with van der Waals surface area (Å²) < 4.78 is 32.3. The number of sulfonamides is 1. The maximum Gasteiger partial charge on any atom is 0.281 e. The molecule has 0 spiro atoms. The molecular formula is C23H21N5O5S. The number of aromatic amines is 1. The molecule has 0 radical (unpaired) electrons. The van der Waals surface area contributed by atoms with Crippen molar-refractivity contribution in [2.45, 2.75) is 11.4 Å². The summed E-state index contributed by atoms with van der Waals surface area (Å²) in [6, 6.07) is 17.7. The maximum atomic E-state index is 12.8. The van der Waals surface area contributed by atoms with Crippen LogP contribution in [0.25, 0.3) is 10.9 Å². The number of amides is 1. The number of hydrogen-bond acceptors (Lipinski definition) is 8. The van der Waals surface area contributed by atoms with E-state index in [1.54, 1.807) is 6.07 Å². The van der Waals surface area contributed by atoms with Crippen LogP contribution in [0, 0.1) is 4.91 Å². The van der Waals surface area contributed by atoms with E-state index in [-0.39, 0.29) is 16.3 Å². The fraction of sp³-hybridized carbons (Fsp3) is 0.0870. The summed E-state index contributed by atoms with van der Waals surface area (Å²) in [5, 5.41) is 6.72. The predicted octanol–water partition coefficient (Wildman–Crippen LogP) is 3.90. The number of methoxy groups -OCH3 is 1. The molecule has 10 nitrogen and oxygen atoms in total. The van der Waals surface area contributed by atoms with Gasteiger partial charge in [-0.3, -0.25) is 4.79 Å². The van der Waals surface area contributed by atoms with Gasteiger partial charge in [-0.2, -0.15) is 0 Å². The number of fused-ring (bicyclic) bond motifs is 1. The zero-order chi connectivity index (χ0) is 24.3. The van der Waals surface area contributed by atoms with Crippen molar-refractivity contribution in [1.29, 1.82) is 0 Å². The minimum atomic E-state index is -4.14. The first kappa shape index (κ1) is 23.0. The van der Waals surface area contributed by atoms with Crippen LogP contribution in [0.15, 0.2) is 76.8 Å². The number of carbonyl (C=O) groups excluding carboxylic acids is 1. The van der Waals surface area contributed by atoms with Crippen LogP contribution in [0.4, 0.5) is 17.1 Å². The van der Waals surface area contributed by atoms with Gasteiger partial charge in [0.1, 0.15) is 17.1 Å². The molecule has 0 bridgehead atoms. The lowest BCUT2D eigenvalue weighted by atomic mass is 10.1.